The molecule has 1 radical (unpaired) electrons. The van der Waals surface area contributed by atoms with Crippen LogP contribution in [0.3, 0.4) is 0 Å². The fraction of sp³-hybridized carbons (Fsp3) is 0.857. The maximum absolute atomic E-state index is 5.19. The van der Waals surface area contributed by atoms with Crippen molar-refractivity contribution in [1.82, 2.24) is 0 Å². The summed E-state index contributed by atoms with van der Waals surface area (Å²) in [6, 6.07) is 0. The molecule has 1 aliphatic carbocycles. The third-order valence-corrected chi connectivity index (χ3v) is 1.93. The Morgan fingerprint density at radius 2 is 2.00 bits per heavy atom. The van der Waals surface area contributed by atoms with E-state index in [0.29, 0.717) is 0 Å². The van der Waals surface area contributed by atoms with E-state index in [-0.39, 0.29) is 5.79 Å². The number of ether oxygens (including phenoxy) is 2. The molecule has 1 fully saturated rings. The highest BCUT2D eigenvalue weighted by Gasteiger charge is 2.33. The van der Waals surface area contributed by atoms with Crippen molar-refractivity contribution in [3.05, 3.63) is 6.42 Å². The molecule has 0 N–H and O–H groups in total. The van der Waals surface area contributed by atoms with E-state index in [0.717, 1.165) is 19.3 Å². The molecule has 0 aromatic rings. The van der Waals surface area contributed by atoms with Crippen molar-refractivity contribution in [2.45, 2.75) is 25.0 Å². The topological polar surface area (TPSA) is 18.5 Å². The molecule has 0 aromatic carbocycles. The first-order valence-electron chi connectivity index (χ1n) is 3.25. The SMILES string of the molecule is COC1(OC)C[CH]CC1. The third kappa shape index (κ3) is 1.25. The van der Waals surface area contributed by atoms with Crippen molar-refractivity contribution in [1.29, 1.82) is 0 Å². The third-order valence-electron chi connectivity index (χ3n) is 1.93. The number of hydrogen-bond acceptors (Lipinski definition) is 2. The normalized spacial score (nSPS) is 24.7. The van der Waals surface area contributed by atoms with Gasteiger partial charge in [0.15, 0.2) is 5.79 Å². The van der Waals surface area contributed by atoms with E-state index in [4.69, 9.17) is 9.47 Å². The molecule has 0 aromatic heterocycles. The summed E-state index contributed by atoms with van der Waals surface area (Å²) in [5.41, 5.74) is 0. The van der Waals surface area contributed by atoms with Crippen LogP contribution in [0.4, 0.5) is 0 Å². The van der Waals surface area contributed by atoms with E-state index in [1.54, 1.807) is 14.2 Å². The lowest BCUT2D eigenvalue weighted by Crippen LogP contribution is -2.29. The maximum Gasteiger partial charge on any atom is 0.167 e. The minimum absolute atomic E-state index is 0.278. The van der Waals surface area contributed by atoms with Gasteiger partial charge in [0.1, 0.15) is 0 Å². The summed E-state index contributed by atoms with van der Waals surface area (Å²) < 4.78 is 10.4. The standard InChI is InChI=1S/C7H13O2/c1-8-7(9-2)5-3-4-6-7/h3H,4-6H2,1-2H3. The van der Waals surface area contributed by atoms with Gasteiger partial charge in [0.25, 0.3) is 0 Å². The fourth-order valence-corrected chi connectivity index (χ4v) is 1.20. The van der Waals surface area contributed by atoms with Crippen LogP contribution in [0, 0.1) is 6.42 Å². The van der Waals surface area contributed by atoms with Crippen molar-refractivity contribution in [3.8, 4) is 0 Å². The van der Waals surface area contributed by atoms with Crippen LogP contribution in [-0.4, -0.2) is 20.0 Å². The Hall–Kier alpha value is -0.0800. The summed E-state index contributed by atoms with van der Waals surface area (Å²) in [5, 5.41) is 0. The molecular formula is C7H13O2. The highest BCUT2D eigenvalue weighted by atomic mass is 16.7. The summed E-state index contributed by atoms with van der Waals surface area (Å²) in [6.45, 7) is 0. The summed E-state index contributed by atoms with van der Waals surface area (Å²) in [5.74, 6) is -0.278. The maximum atomic E-state index is 5.19. The van der Waals surface area contributed by atoms with Crippen LogP contribution in [0.2, 0.25) is 0 Å². The molecule has 9 heavy (non-hydrogen) atoms. The van der Waals surface area contributed by atoms with E-state index in [1.165, 1.54) is 0 Å². The van der Waals surface area contributed by atoms with Crippen LogP contribution in [0.25, 0.3) is 0 Å². The Balaban J connectivity index is 2.45. The Kier molecular flexibility index (Phi) is 2.09. The van der Waals surface area contributed by atoms with Crippen LogP contribution in [0.1, 0.15) is 19.3 Å². The van der Waals surface area contributed by atoms with Gasteiger partial charge in [0.05, 0.1) is 0 Å². The quantitative estimate of drug-likeness (QED) is 0.524. The van der Waals surface area contributed by atoms with Gasteiger partial charge in [-0.3, -0.25) is 0 Å². The van der Waals surface area contributed by atoms with Crippen molar-refractivity contribution >= 4 is 0 Å². The highest BCUT2D eigenvalue weighted by molar-refractivity contribution is 4.87. The van der Waals surface area contributed by atoms with Gasteiger partial charge in [-0.1, -0.05) is 0 Å². The molecule has 0 aliphatic heterocycles. The van der Waals surface area contributed by atoms with E-state index in [1.807, 2.05) is 0 Å². The number of hydrogen-bond donors (Lipinski definition) is 0. The first-order valence-corrected chi connectivity index (χ1v) is 3.25. The summed E-state index contributed by atoms with van der Waals surface area (Å²) in [6.07, 6.45) is 5.24. The Morgan fingerprint density at radius 1 is 1.33 bits per heavy atom. The van der Waals surface area contributed by atoms with Crippen molar-refractivity contribution in [3.63, 3.8) is 0 Å². The smallest absolute Gasteiger partial charge is 0.167 e. The van der Waals surface area contributed by atoms with E-state index < -0.39 is 0 Å². The van der Waals surface area contributed by atoms with Crippen LogP contribution in [0.5, 0.6) is 0 Å². The predicted octanol–water partition coefficient (Wildman–Crippen LogP) is 1.36. The second-order valence-corrected chi connectivity index (χ2v) is 2.35. The lowest BCUT2D eigenvalue weighted by molar-refractivity contribution is -0.198. The number of methoxy groups -OCH3 is 2. The molecule has 0 atom stereocenters. The minimum atomic E-state index is -0.278. The largest absolute Gasteiger partial charge is 0.353 e. The van der Waals surface area contributed by atoms with Gasteiger partial charge >= 0.3 is 0 Å². The summed E-state index contributed by atoms with van der Waals surface area (Å²) in [7, 11) is 3.39. The minimum Gasteiger partial charge on any atom is -0.353 e. The molecule has 0 bridgehead atoms. The van der Waals surface area contributed by atoms with Crippen molar-refractivity contribution < 1.29 is 9.47 Å². The monoisotopic (exact) mass is 129 g/mol. The Bertz CT molecular complexity index is 78.9. The fourth-order valence-electron chi connectivity index (χ4n) is 1.20. The van der Waals surface area contributed by atoms with Gasteiger partial charge in [0, 0.05) is 27.1 Å². The van der Waals surface area contributed by atoms with Crippen molar-refractivity contribution in [2.75, 3.05) is 14.2 Å². The lowest BCUT2D eigenvalue weighted by Gasteiger charge is -2.24. The second kappa shape index (κ2) is 2.67. The zero-order valence-corrected chi connectivity index (χ0v) is 6.02. The van der Waals surface area contributed by atoms with Gasteiger partial charge in [-0.05, 0) is 12.8 Å². The molecule has 0 unspecified atom stereocenters. The molecule has 0 spiro atoms. The Labute approximate surface area is 56.2 Å². The van der Waals surface area contributed by atoms with Crippen LogP contribution in [-0.2, 0) is 9.47 Å². The zero-order valence-electron chi connectivity index (χ0n) is 6.02. The average molecular weight is 129 g/mol. The molecule has 1 saturated carbocycles. The highest BCUT2D eigenvalue weighted by Crippen LogP contribution is 2.31. The summed E-state index contributed by atoms with van der Waals surface area (Å²) in [4.78, 5) is 0. The summed E-state index contributed by atoms with van der Waals surface area (Å²) >= 11 is 0. The van der Waals surface area contributed by atoms with Gasteiger partial charge in [0.2, 0.25) is 0 Å². The first-order chi connectivity index (χ1) is 4.33. The molecule has 0 amide bonds. The van der Waals surface area contributed by atoms with Gasteiger partial charge in [-0.15, -0.1) is 0 Å². The Morgan fingerprint density at radius 3 is 2.22 bits per heavy atom. The van der Waals surface area contributed by atoms with Crippen LogP contribution in [0.15, 0.2) is 0 Å². The van der Waals surface area contributed by atoms with E-state index >= 15 is 0 Å². The first kappa shape index (κ1) is 7.03. The molecule has 1 rings (SSSR count). The van der Waals surface area contributed by atoms with Crippen LogP contribution < -0.4 is 0 Å². The number of rotatable bonds is 2. The van der Waals surface area contributed by atoms with Crippen molar-refractivity contribution in [2.24, 2.45) is 0 Å². The van der Waals surface area contributed by atoms with E-state index in [9.17, 15) is 0 Å². The van der Waals surface area contributed by atoms with E-state index in [2.05, 4.69) is 6.42 Å². The predicted molar refractivity (Wildman–Crippen MR) is 34.9 cm³/mol. The van der Waals surface area contributed by atoms with Gasteiger partial charge in [-0.2, -0.15) is 0 Å². The average Bonchev–Trinajstić information content (AvgIpc) is 2.36. The van der Waals surface area contributed by atoms with Gasteiger partial charge in [-0.25, -0.2) is 0 Å². The molecule has 0 heterocycles. The lowest BCUT2D eigenvalue weighted by atomic mass is 10.2. The molecule has 0 saturated heterocycles. The molecule has 53 valence electrons. The molecule has 1 aliphatic rings. The van der Waals surface area contributed by atoms with Gasteiger partial charge < -0.3 is 9.47 Å². The van der Waals surface area contributed by atoms with Crippen LogP contribution >= 0.6 is 0 Å². The second-order valence-electron chi connectivity index (χ2n) is 2.35. The molecular weight excluding hydrogens is 116 g/mol. The zero-order chi connectivity index (χ0) is 6.74. The molecule has 2 nitrogen and oxygen atoms in total. The molecule has 2 heteroatoms.